The van der Waals surface area contributed by atoms with Crippen LogP contribution in [0.5, 0.6) is 0 Å². The third-order valence-electron chi connectivity index (χ3n) is 1.05. The fourth-order valence-electron chi connectivity index (χ4n) is 0.568. The minimum atomic E-state index is -3.70. The first-order valence-electron chi connectivity index (χ1n) is 3.11. The van der Waals surface area contributed by atoms with Crippen molar-refractivity contribution >= 4 is 7.60 Å². The third kappa shape index (κ3) is 11.9. The van der Waals surface area contributed by atoms with Gasteiger partial charge in [-0.3, -0.25) is 4.57 Å². The summed E-state index contributed by atoms with van der Waals surface area (Å²) in [5, 5.41) is 0. The molecule has 0 heterocycles. The molecule has 0 atom stereocenters. The van der Waals surface area contributed by atoms with E-state index in [9.17, 15) is 4.57 Å². The van der Waals surface area contributed by atoms with Gasteiger partial charge in [0, 0.05) is 6.16 Å². The zero-order valence-corrected chi connectivity index (χ0v) is 9.47. The molecule has 2 N–H and O–H groups in total. The maximum Gasteiger partial charge on any atom is 1.00 e. The zero-order valence-electron chi connectivity index (χ0n) is 7.58. The van der Waals surface area contributed by atoms with E-state index in [1.54, 1.807) is 0 Å². The molecule has 0 fully saturated rings. The van der Waals surface area contributed by atoms with Crippen LogP contribution in [0, 0.1) is 0 Å². The smallest absolute Gasteiger partial charge is 1.00 e. The molecule has 5 heteroatoms. The molecule has 0 amide bonds. The monoisotopic (exact) mass is 176 g/mol. The molecule has 0 aromatic heterocycles. The Morgan fingerprint density at radius 3 is 2.20 bits per heavy atom. The predicted molar refractivity (Wildman–Crippen MR) is 37.5 cm³/mol. The van der Waals surface area contributed by atoms with Crippen LogP contribution >= 0.6 is 7.60 Å². The summed E-state index contributed by atoms with van der Waals surface area (Å²) < 4.78 is 10.2. The van der Waals surface area contributed by atoms with Gasteiger partial charge >= 0.3 is 37.2 Å². The van der Waals surface area contributed by atoms with Gasteiger partial charge in [0.25, 0.3) is 0 Å². The van der Waals surface area contributed by atoms with E-state index in [0.717, 1.165) is 12.8 Å². The molecule has 10 heavy (non-hydrogen) atoms. The van der Waals surface area contributed by atoms with Crippen LogP contribution in [0.2, 0.25) is 0 Å². The summed E-state index contributed by atoms with van der Waals surface area (Å²) in [6.07, 6.45) is 2.59. The average Bonchev–Trinajstić information content (AvgIpc) is 1.63. The predicted octanol–water partition coefficient (Wildman–Crippen LogP) is -1.53. The van der Waals surface area contributed by atoms with Crippen molar-refractivity contribution in [2.45, 2.75) is 26.2 Å². The first kappa shape index (κ1) is 13.7. The largest absolute Gasteiger partial charge is 1.00 e. The summed E-state index contributed by atoms with van der Waals surface area (Å²) in [7, 11) is -3.70. The van der Waals surface area contributed by atoms with E-state index in [2.05, 4.69) is 0 Å². The van der Waals surface area contributed by atoms with E-state index in [0.29, 0.717) is 6.42 Å². The van der Waals surface area contributed by atoms with Gasteiger partial charge < -0.3 is 11.2 Å². The van der Waals surface area contributed by atoms with E-state index >= 15 is 0 Å². The molecule has 0 spiro atoms. The number of hydrogen-bond donors (Lipinski definition) is 2. The van der Waals surface area contributed by atoms with Crippen LogP contribution in [0.3, 0.4) is 0 Å². The van der Waals surface area contributed by atoms with Gasteiger partial charge in [-0.25, -0.2) is 0 Å². The van der Waals surface area contributed by atoms with Gasteiger partial charge in [-0.2, -0.15) is 0 Å². The fraction of sp³-hybridized carbons (Fsp3) is 1.00. The Kier molecular flexibility index (Phi) is 9.38. The van der Waals surface area contributed by atoms with Gasteiger partial charge in [0.2, 0.25) is 0 Å². The second-order valence-electron chi connectivity index (χ2n) is 2.10. The van der Waals surface area contributed by atoms with Crippen LogP contribution in [0.15, 0.2) is 0 Å². The molecule has 0 aliphatic carbocycles. The molecule has 0 aliphatic heterocycles. The summed E-state index contributed by atoms with van der Waals surface area (Å²) in [5.41, 5.74) is 0. The van der Waals surface area contributed by atoms with Gasteiger partial charge in [-0.05, 0) is 6.42 Å². The van der Waals surface area contributed by atoms with Crippen LogP contribution in [0.1, 0.15) is 27.6 Å². The Labute approximate surface area is 85.1 Å². The van der Waals surface area contributed by atoms with Crippen LogP contribution < -0.4 is 29.6 Å². The maximum absolute atomic E-state index is 10.2. The Morgan fingerprint density at radius 2 is 1.90 bits per heavy atom. The molecule has 0 radical (unpaired) electrons. The minimum absolute atomic E-state index is 0. The van der Waals surface area contributed by atoms with Crippen LogP contribution in [-0.4, -0.2) is 15.9 Å². The zero-order chi connectivity index (χ0) is 7.33. The first-order valence-corrected chi connectivity index (χ1v) is 4.90. The molecule has 0 aromatic carbocycles. The van der Waals surface area contributed by atoms with Crippen molar-refractivity contribution in [3.8, 4) is 0 Å². The van der Waals surface area contributed by atoms with E-state index in [1.807, 2.05) is 6.92 Å². The van der Waals surface area contributed by atoms with Crippen molar-refractivity contribution in [1.29, 1.82) is 0 Å². The standard InChI is InChI=1S/C5H13O3P.Na.H/c1-2-3-4-5-9(6,7)8;;/h2-5H2,1H3,(H2,6,7,8);;/q;+1;-1. The van der Waals surface area contributed by atoms with Crippen molar-refractivity contribution < 1.29 is 45.3 Å². The molecule has 0 aliphatic rings. The van der Waals surface area contributed by atoms with Crippen LogP contribution in [-0.2, 0) is 4.57 Å². The molecular weight excluding hydrogens is 162 g/mol. The van der Waals surface area contributed by atoms with Gasteiger partial charge in [0.15, 0.2) is 0 Å². The summed E-state index contributed by atoms with van der Waals surface area (Å²) in [6.45, 7) is 2.00. The molecule has 0 unspecified atom stereocenters. The first-order chi connectivity index (χ1) is 4.06. The molecule has 0 bridgehead atoms. The molecule has 0 rings (SSSR count). The second kappa shape index (κ2) is 6.84. The summed E-state index contributed by atoms with van der Waals surface area (Å²) >= 11 is 0. The van der Waals surface area contributed by atoms with Crippen LogP contribution in [0.4, 0.5) is 0 Å². The molecule has 0 aromatic rings. The number of rotatable bonds is 4. The molecule has 58 valence electrons. The van der Waals surface area contributed by atoms with Gasteiger partial charge in [-0.1, -0.05) is 19.8 Å². The Balaban J connectivity index is -0.000000320. The average molecular weight is 176 g/mol. The van der Waals surface area contributed by atoms with E-state index < -0.39 is 7.60 Å². The SMILES string of the molecule is CCCCCP(=O)(O)O.[H-].[Na+]. The van der Waals surface area contributed by atoms with Crippen molar-refractivity contribution in [1.82, 2.24) is 0 Å². The quantitative estimate of drug-likeness (QED) is 0.310. The minimum Gasteiger partial charge on any atom is -1.00 e. The summed E-state index contributed by atoms with van der Waals surface area (Å²) in [5.74, 6) is 0. The van der Waals surface area contributed by atoms with Crippen molar-refractivity contribution in [2.24, 2.45) is 0 Å². The van der Waals surface area contributed by atoms with Crippen molar-refractivity contribution in [3.05, 3.63) is 0 Å². The Hall–Kier alpha value is 1.15. The van der Waals surface area contributed by atoms with Gasteiger partial charge in [0.05, 0.1) is 0 Å². The van der Waals surface area contributed by atoms with Crippen LogP contribution in [0.25, 0.3) is 0 Å². The molecular formula is C5H14NaO3P. The Bertz CT molecular complexity index is 116. The molecule has 3 nitrogen and oxygen atoms in total. The van der Waals surface area contributed by atoms with Gasteiger partial charge in [0.1, 0.15) is 0 Å². The topological polar surface area (TPSA) is 57.5 Å². The normalized spacial score (nSPS) is 10.7. The Morgan fingerprint density at radius 1 is 1.40 bits per heavy atom. The fourth-order valence-corrected chi connectivity index (χ4v) is 1.20. The maximum atomic E-state index is 10.2. The summed E-state index contributed by atoms with van der Waals surface area (Å²) in [4.78, 5) is 16.7. The van der Waals surface area contributed by atoms with E-state index in [1.165, 1.54) is 0 Å². The van der Waals surface area contributed by atoms with Gasteiger partial charge in [-0.15, -0.1) is 0 Å². The van der Waals surface area contributed by atoms with Crippen molar-refractivity contribution in [3.63, 3.8) is 0 Å². The molecule has 0 saturated carbocycles. The molecule has 0 saturated heterocycles. The van der Waals surface area contributed by atoms with E-state index in [-0.39, 0.29) is 37.1 Å². The van der Waals surface area contributed by atoms with Crippen molar-refractivity contribution in [2.75, 3.05) is 6.16 Å². The summed E-state index contributed by atoms with van der Waals surface area (Å²) in [6, 6.07) is 0. The van der Waals surface area contributed by atoms with E-state index in [4.69, 9.17) is 9.79 Å². The third-order valence-corrected chi connectivity index (χ3v) is 1.95. The number of unbranched alkanes of at least 4 members (excludes halogenated alkanes) is 2. The second-order valence-corrected chi connectivity index (χ2v) is 3.87. The number of hydrogen-bond acceptors (Lipinski definition) is 1.